The first-order valence-electron chi connectivity index (χ1n) is 5.32. The number of rotatable bonds is 4. The summed E-state index contributed by atoms with van der Waals surface area (Å²) in [7, 11) is 0. The fourth-order valence-corrected chi connectivity index (χ4v) is 2.23. The Morgan fingerprint density at radius 3 is 2.65 bits per heavy atom. The first kappa shape index (κ1) is 12.0. The molecular weight excluding hydrogens is 240 g/mol. The van der Waals surface area contributed by atoms with Gasteiger partial charge in [-0.3, -0.25) is 0 Å². The van der Waals surface area contributed by atoms with Crippen molar-refractivity contribution in [3.8, 4) is 0 Å². The molecule has 0 saturated heterocycles. The van der Waals surface area contributed by atoms with Crippen LogP contribution in [0.3, 0.4) is 0 Å². The van der Waals surface area contributed by atoms with Crippen molar-refractivity contribution in [1.29, 1.82) is 0 Å². The third-order valence-corrected chi connectivity index (χ3v) is 3.16. The SMILES string of the molecule is Cc1noc(C(C)Sc2nnnn2C(C)C)n1. The van der Waals surface area contributed by atoms with Crippen molar-refractivity contribution in [3.63, 3.8) is 0 Å². The molecule has 0 bridgehead atoms. The topological polar surface area (TPSA) is 82.5 Å². The van der Waals surface area contributed by atoms with E-state index in [1.165, 1.54) is 11.8 Å². The first-order chi connectivity index (χ1) is 8.08. The van der Waals surface area contributed by atoms with E-state index < -0.39 is 0 Å². The normalized spacial score (nSPS) is 13.2. The number of aryl methyl sites for hydroxylation is 1. The molecule has 0 saturated carbocycles. The van der Waals surface area contributed by atoms with Crippen LogP contribution in [0.2, 0.25) is 0 Å². The van der Waals surface area contributed by atoms with Gasteiger partial charge >= 0.3 is 0 Å². The fourth-order valence-electron chi connectivity index (χ4n) is 1.27. The van der Waals surface area contributed by atoms with Crippen molar-refractivity contribution in [2.75, 3.05) is 0 Å². The van der Waals surface area contributed by atoms with Crippen LogP contribution in [0.15, 0.2) is 9.68 Å². The number of hydrogen-bond acceptors (Lipinski definition) is 7. The van der Waals surface area contributed by atoms with Crippen LogP contribution in [-0.2, 0) is 0 Å². The van der Waals surface area contributed by atoms with Crippen LogP contribution in [0.25, 0.3) is 0 Å². The van der Waals surface area contributed by atoms with E-state index in [1.54, 1.807) is 11.6 Å². The average Bonchev–Trinajstić information content (AvgIpc) is 2.86. The van der Waals surface area contributed by atoms with Gasteiger partial charge in [0.15, 0.2) is 5.82 Å². The summed E-state index contributed by atoms with van der Waals surface area (Å²) in [5.41, 5.74) is 0. The maximum absolute atomic E-state index is 5.12. The molecule has 0 radical (unpaired) electrons. The predicted octanol–water partition coefficient (Wildman–Crippen LogP) is 1.80. The summed E-state index contributed by atoms with van der Waals surface area (Å²) in [5.74, 6) is 1.22. The van der Waals surface area contributed by atoms with Gasteiger partial charge in [0.05, 0.1) is 11.3 Å². The van der Waals surface area contributed by atoms with Gasteiger partial charge in [0.1, 0.15) is 0 Å². The van der Waals surface area contributed by atoms with Crippen molar-refractivity contribution in [3.05, 3.63) is 11.7 Å². The van der Waals surface area contributed by atoms with Gasteiger partial charge in [-0.25, -0.2) is 4.68 Å². The van der Waals surface area contributed by atoms with Gasteiger partial charge in [0.2, 0.25) is 11.0 Å². The molecule has 8 heteroatoms. The fraction of sp³-hybridized carbons (Fsp3) is 0.667. The van der Waals surface area contributed by atoms with Crippen LogP contribution >= 0.6 is 11.8 Å². The van der Waals surface area contributed by atoms with Gasteiger partial charge in [-0.05, 0) is 38.1 Å². The minimum Gasteiger partial charge on any atom is -0.338 e. The maximum Gasteiger partial charge on any atom is 0.239 e. The molecule has 1 unspecified atom stereocenters. The zero-order chi connectivity index (χ0) is 12.4. The summed E-state index contributed by atoms with van der Waals surface area (Å²) in [5, 5.41) is 16.1. The Morgan fingerprint density at radius 1 is 1.29 bits per heavy atom. The second kappa shape index (κ2) is 4.82. The molecular formula is C9H14N6OS. The van der Waals surface area contributed by atoms with Crippen molar-refractivity contribution >= 4 is 11.8 Å². The van der Waals surface area contributed by atoms with Crippen LogP contribution < -0.4 is 0 Å². The van der Waals surface area contributed by atoms with Crippen molar-refractivity contribution in [2.45, 2.75) is 44.1 Å². The Hall–Kier alpha value is -1.44. The van der Waals surface area contributed by atoms with E-state index in [0.717, 1.165) is 5.16 Å². The average molecular weight is 254 g/mol. The van der Waals surface area contributed by atoms with E-state index in [9.17, 15) is 0 Å². The minimum atomic E-state index is 0.0275. The molecule has 17 heavy (non-hydrogen) atoms. The highest BCUT2D eigenvalue weighted by molar-refractivity contribution is 7.99. The quantitative estimate of drug-likeness (QED) is 0.769. The molecule has 2 rings (SSSR count). The Labute approximate surface area is 103 Å². The highest BCUT2D eigenvalue weighted by Crippen LogP contribution is 2.32. The van der Waals surface area contributed by atoms with E-state index in [2.05, 4.69) is 25.7 Å². The van der Waals surface area contributed by atoms with Gasteiger partial charge in [-0.2, -0.15) is 4.98 Å². The Balaban J connectivity index is 2.13. The lowest BCUT2D eigenvalue weighted by Crippen LogP contribution is -2.05. The molecule has 0 fully saturated rings. The second-order valence-electron chi connectivity index (χ2n) is 3.94. The lowest BCUT2D eigenvalue weighted by Gasteiger charge is -2.09. The summed E-state index contributed by atoms with van der Waals surface area (Å²) in [6, 6.07) is 0.226. The van der Waals surface area contributed by atoms with E-state index in [4.69, 9.17) is 4.52 Å². The summed E-state index contributed by atoms with van der Waals surface area (Å²) in [6.07, 6.45) is 0. The van der Waals surface area contributed by atoms with Gasteiger partial charge < -0.3 is 4.52 Å². The van der Waals surface area contributed by atoms with Gasteiger partial charge in [0.25, 0.3) is 0 Å². The van der Waals surface area contributed by atoms with Gasteiger partial charge in [0, 0.05) is 0 Å². The maximum atomic E-state index is 5.12. The zero-order valence-electron chi connectivity index (χ0n) is 10.2. The monoisotopic (exact) mass is 254 g/mol. The van der Waals surface area contributed by atoms with Gasteiger partial charge in [-0.15, -0.1) is 5.10 Å². The van der Waals surface area contributed by atoms with E-state index >= 15 is 0 Å². The van der Waals surface area contributed by atoms with Crippen molar-refractivity contribution in [2.24, 2.45) is 0 Å². The number of nitrogens with zero attached hydrogens (tertiary/aromatic N) is 6. The van der Waals surface area contributed by atoms with Crippen LogP contribution in [0, 0.1) is 6.92 Å². The molecule has 2 aromatic rings. The molecule has 0 aliphatic rings. The molecule has 1 atom stereocenters. The summed E-state index contributed by atoms with van der Waals surface area (Å²) in [6.45, 7) is 7.84. The van der Waals surface area contributed by atoms with Gasteiger partial charge in [-0.1, -0.05) is 16.9 Å². The van der Waals surface area contributed by atoms with Crippen LogP contribution in [0.4, 0.5) is 0 Å². The van der Waals surface area contributed by atoms with Crippen LogP contribution in [0.5, 0.6) is 0 Å². The second-order valence-corrected chi connectivity index (χ2v) is 5.25. The summed E-state index contributed by atoms with van der Waals surface area (Å²) in [4.78, 5) is 4.19. The number of tetrazole rings is 1. The van der Waals surface area contributed by atoms with Crippen LogP contribution in [-0.4, -0.2) is 30.3 Å². The molecule has 2 aromatic heterocycles. The highest BCUT2D eigenvalue weighted by Gasteiger charge is 2.19. The van der Waals surface area contributed by atoms with Crippen molar-refractivity contribution < 1.29 is 4.52 Å². The largest absolute Gasteiger partial charge is 0.338 e. The molecule has 0 spiro atoms. The molecule has 0 aliphatic heterocycles. The molecule has 2 heterocycles. The number of hydrogen-bond donors (Lipinski definition) is 0. The molecule has 0 aromatic carbocycles. The molecule has 0 N–H and O–H groups in total. The third kappa shape index (κ3) is 2.63. The van der Waals surface area contributed by atoms with Crippen molar-refractivity contribution in [1.82, 2.24) is 30.3 Å². The predicted molar refractivity (Wildman–Crippen MR) is 61.5 cm³/mol. The number of thioether (sulfide) groups is 1. The summed E-state index contributed by atoms with van der Waals surface area (Å²) >= 11 is 1.50. The zero-order valence-corrected chi connectivity index (χ0v) is 11.0. The number of aromatic nitrogens is 6. The minimum absolute atomic E-state index is 0.0275. The Morgan fingerprint density at radius 2 is 2.06 bits per heavy atom. The molecule has 92 valence electrons. The molecule has 0 amide bonds. The standard InChI is InChI=1S/C9H14N6OS/c1-5(2)15-9(11-13-14-15)17-6(3)8-10-7(4)12-16-8/h5-6H,1-4H3. The third-order valence-electron chi connectivity index (χ3n) is 2.12. The molecule has 0 aliphatic carbocycles. The highest BCUT2D eigenvalue weighted by atomic mass is 32.2. The van der Waals surface area contributed by atoms with E-state index in [1.807, 2.05) is 20.8 Å². The lowest BCUT2D eigenvalue weighted by atomic mass is 10.4. The van der Waals surface area contributed by atoms with E-state index in [-0.39, 0.29) is 11.3 Å². The lowest BCUT2D eigenvalue weighted by molar-refractivity contribution is 0.376. The Kier molecular flexibility index (Phi) is 3.41. The molecule has 7 nitrogen and oxygen atoms in total. The summed E-state index contributed by atoms with van der Waals surface area (Å²) < 4.78 is 6.88. The van der Waals surface area contributed by atoms with E-state index in [0.29, 0.717) is 11.7 Å². The first-order valence-corrected chi connectivity index (χ1v) is 6.20. The smallest absolute Gasteiger partial charge is 0.239 e. The Bertz CT molecular complexity index is 493. The van der Waals surface area contributed by atoms with Crippen LogP contribution in [0.1, 0.15) is 43.8 Å².